The number of nitrogens with zero attached hydrogens (tertiary/aromatic N) is 1. The standard InChI is InChI=1S/C16H17FN2O2/c1-3-21-15(20)16(2,12-8-10-18-11-9-12)19-14-7-5-4-6-13(14)17/h4-11,19H,3H2,1-2H3. The highest BCUT2D eigenvalue weighted by molar-refractivity contribution is 5.85. The van der Waals surface area contributed by atoms with E-state index in [1.165, 1.54) is 6.07 Å². The summed E-state index contributed by atoms with van der Waals surface area (Å²) in [5.74, 6) is -0.901. The normalized spacial score (nSPS) is 13.3. The number of nitrogens with one attached hydrogen (secondary N) is 1. The molecule has 110 valence electrons. The van der Waals surface area contributed by atoms with Crippen molar-refractivity contribution < 1.29 is 13.9 Å². The van der Waals surface area contributed by atoms with Crippen LogP contribution in [-0.4, -0.2) is 17.6 Å². The van der Waals surface area contributed by atoms with Crippen molar-refractivity contribution in [2.24, 2.45) is 0 Å². The van der Waals surface area contributed by atoms with E-state index in [4.69, 9.17) is 4.74 Å². The molecule has 2 aromatic rings. The van der Waals surface area contributed by atoms with Gasteiger partial charge in [-0.2, -0.15) is 0 Å². The van der Waals surface area contributed by atoms with Gasteiger partial charge in [0.15, 0.2) is 5.54 Å². The number of carbonyl (C=O) groups is 1. The predicted molar refractivity (Wildman–Crippen MR) is 78.2 cm³/mol. The topological polar surface area (TPSA) is 51.2 Å². The van der Waals surface area contributed by atoms with Crippen molar-refractivity contribution in [3.63, 3.8) is 0 Å². The maximum Gasteiger partial charge on any atom is 0.336 e. The van der Waals surface area contributed by atoms with E-state index in [-0.39, 0.29) is 12.3 Å². The van der Waals surface area contributed by atoms with Gasteiger partial charge < -0.3 is 10.1 Å². The summed E-state index contributed by atoms with van der Waals surface area (Å²) in [5, 5.41) is 2.95. The molecule has 4 nitrogen and oxygen atoms in total. The largest absolute Gasteiger partial charge is 0.464 e. The fourth-order valence-electron chi connectivity index (χ4n) is 2.03. The van der Waals surface area contributed by atoms with Crippen LogP contribution in [0.4, 0.5) is 10.1 Å². The van der Waals surface area contributed by atoms with Crippen LogP contribution in [0.2, 0.25) is 0 Å². The molecule has 0 saturated heterocycles. The average Bonchev–Trinajstić information content (AvgIpc) is 2.50. The molecule has 1 unspecified atom stereocenters. The lowest BCUT2D eigenvalue weighted by molar-refractivity contribution is -0.148. The number of esters is 1. The Bertz CT molecular complexity index is 619. The van der Waals surface area contributed by atoms with Crippen LogP contribution in [0.1, 0.15) is 19.4 Å². The molecule has 0 saturated carbocycles. The molecular formula is C16H17FN2O2. The molecule has 1 atom stereocenters. The maximum absolute atomic E-state index is 13.9. The Balaban J connectivity index is 2.42. The Hall–Kier alpha value is -2.43. The lowest BCUT2D eigenvalue weighted by atomic mass is 9.92. The summed E-state index contributed by atoms with van der Waals surface area (Å²) < 4.78 is 19.0. The number of para-hydroxylation sites is 1. The highest BCUT2D eigenvalue weighted by Crippen LogP contribution is 2.28. The Kier molecular flexibility index (Phi) is 4.52. The number of hydrogen-bond acceptors (Lipinski definition) is 4. The van der Waals surface area contributed by atoms with Crippen molar-refractivity contribution in [3.05, 3.63) is 60.2 Å². The second-order valence-electron chi connectivity index (χ2n) is 4.69. The van der Waals surface area contributed by atoms with Crippen molar-refractivity contribution >= 4 is 11.7 Å². The van der Waals surface area contributed by atoms with Crippen LogP contribution in [0, 0.1) is 5.82 Å². The quantitative estimate of drug-likeness (QED) is 0.859. The second kappa shape index (κ2) is 6.35. The molecule has 2 rings (SSSR count). The van der Waals surface area contributed by atoms with Crippen LogP contribution in [0.25, 0.3) is 0 Å². The molecule has 0 aliphatic carbocycles. The van der Waals surface area contributed by atoms with Crippen LogP contribution >= 0.6 is 0 Å². The number of rotatable bonds is 5. The van der Waals surface area contributed by atoms with E-state index < -0.39 is 17.3 Å². The molecular weight excluding hydrogens is 271 g/mol. The summed E-state index contributed by atoms with van der Waals surface area (Å²) in [6, 6.07) is 9.60. The molecule has 0 fully saturated rings. The third kappa shape index (κ3) is 3.18. The van der Waals surface area contributed by atoms with Gasteiger partial charge in [0, 0.05) is 12.4 Å². The number of ether oxygens (including phenoxy) is 1. The van der Waals surface area contributed by atoms with Crippen LogP contribution in [0.5, 0.6) is 0 Å². The Morgan fingerprint density at radius 2 is 1.95 bits per heavy atom. The van der Waals surface area contributed by atoms with Crippen molar-refractivity contribution in [1.82, 2.24) is 4.98 Å². The number of anilines is 1. The Morgan fingerprint density at radius 3 is 2.57 bits per heavy atom. The minimum absolute atomic E-state index is 0.241. The van der Waals surface area contributed by atoms with Crippen LogP contribution in [-0.2, 0) is 15.1 Å². The van der Waals surface area contributed by atoms with Crippen molar-refractivity contribution in [1.29, 1.82) is 0 Å². The summed E-state index contributed by atoms with van der Waals surface area (Å²) in [5.41, 5.74) is -0.301. The molecule has 0 spiro atoms. The van der Waals surface area contributed by atoms with Gasteiger partial charge in [0.2, 0.25) is 0 Å². The van der Waals surface area contributed by atoms with Gasteiger partial charge in [0.1, 0.15) is 5.82 Å². The minimum atomic E-state index is -1.19. The van der Waals surface area contributed by atoms with Crippen molar-refractivity contribution in [2.45, 2.75) is 19.4 Å². The van der Waals surface area contributed by atoms with E-state index in [0.717, 1.165) is 0 Å². The first-order valence-electron chi connectivity index (χ1n) is 6.68. The molecule has 1 aromatic heterocycles. The molecule has 0 bridgehead atoms. The van der Waals surface area contributed by atoms with Gasteiger partial charge in [0.05, 0.1) is 12.3 Å². The first-order chi connectivity index (χ1) is 10.1. The number of halogens is 1. The number of hydrogen-bond donors (Lipinski definition) is 1. The van der Waals surface area contributed by atoms with Crippen molar-refractivity contribution in [3.8, 4) is 0 Å². The first kappa shape index (κ1) is 15.0. The van der Waals surface area contributed by atoms with E-state index in [0.29, 0.717) is 5.56 Å². The van der Waals surface area contributed by atoms with Gasteiger partial charge >= 0.3 is 5.97 Å². The fourth-order valence-corrected chi connectivity index (χ4v) is 2.03. The summed E-state index contributed by atoms with van der Waals surface area (Å²) in [6.07, 6.45) is 3.16. The molecule has 21 heavy (non-hydrogen) atoms. The highest BCUT2D eigenvalue weighted by Gasteiger charge is 2.37. The summed E-state index contributed by atoms with van der Waals surface area (Å²) >= 11 is 0. The summed E-state index contributed by atoms with van der Waals surface area (Å²) in [4.78, 5) is 16.3. The molecule has 1 N–H and O–H groups in total. The zero-order valence-corrected chi connectivity index (χ0v) is 12.0. The number of carbonyl (C=O) groups excluding carboxylic acids is 1. The number of pyridine rings is 1. The van der Waals surface area contributed by atoms with E-state index in [9.17, 15) is 9.18 Å². The van der Waals surface area contributed by atoms with Crippen LogP contribution in [0.15, 0.2) is 48.8 Å². The first-order valence-corrected chi connectivity index (χ1v) is 6.68. The smallest absolute Gasteiger partial charge is 0.336 e. The van der Waals surface area contributed by atoms with E-state index in [1.54, 1.807) is 56.6 Å². The lowest BCUT2D eigenvalue weighted by Crippen LogP contribution is -2.42. The molecule has 0 aliphatic rings. The van der Waals surface area contributed by atoms with Crippen molar-refractivity contribution in [2.75, 3.05) is 11.9 Å². The molecule has 1 heterocycles. The van der Waals surface area contributed by atoms with Gasteiger partial charge in [-0.25, -0.2) is 9.18 Å². The lowest BCUT2D eigenvalue weighted by Gasteiger charge is -2.30. The van der Waals surface area contributed by atoms with E-state index in [2.05, 4.69) is 10.3 Å². The van der Waals surface area contributed by atoms with Crippen LogP contribution < -0.4 is 5.32 Å². The summed E-state index contributed by atoms with van der Waals surface area (Å²) in [7, 11) is 0. The van der Waals surface area contributed by atoms with Crippen LogP contribution in [0.3, 0.4) is 0 Å². The van der Waals surface area contributed by atoms with Gasteiger partial charge in [0.25, 0.3) is 0 Å². The fraction of sp³-hybridized carbons (Fsp3) is 0.250. The van der Waals surface area contributed by atoms with E-state index in [1.807, 2.05) is 0 Å². The van der Waals surface area contributed by atoms with Gasteiger partial charge in [-0.3, -0.25) is 4.98 Å². The van der Waals surface area contributed by atoms with Gasteiger partial charge in [-0.15, -0.1) is 0 Å². The third-order valence-electron chi connectivity index (χ3n) is 3.20. The van der Waals surface area contributed by atoms with Gasteiger partial charge in [-0.1, -0.05) is 12.1 Å². The molecule has 5 heteroatoms. The molecule has 0 aliphatic heterocycles. The zero-order chi connectivity index (χ0) is 15.3. The monoisotopic (exact) mass is 288 g/mol. The Labute approximate surface area is 123 Å². The molecule has 0 amide bonds. The predicted octanol–water partition coefficient (Wildman–Crippen LogP) is 3.11. The highest BCUT2D eigenvalue weighted by atomic mass is 19.1. The Morgan fingerprint density at radius 1 is 1.29 bits per heavy atom. The minimum Gasteiger partial charge on any atom is -0.464 e. The van der Waals surface area contributed by atoms with Gasteiger partial charge in [-0.05, 0) is 43.7 Å². The van der Waals surface area contributed by atoms with E-state index >= 15 is 0 Å². The molecule has 1 aromatic carbocycles. The molecule has 0 radical (unpaired) electrons. The number of aromatic nitrogens is 1. The third-order valence-corrected chi connectivity index (χ3v) is 3.20. The zero-order valence-electron chi connectivity index (χ0n) is 12.0. The summed E-state index contributed by atoms with van der Waals surface area (Å²) in [6.45, 7) is 3.64. The maximum atomic E-state index is 13.9. The average molecular weight is 288 g/mol. The SMILES string of the molecule is CCOC(=O)C(C)(Nc1ccccc1F)c1ccncc1. The second-order valence-corrected chi connectivity index (χ2v) is 4.69. The number of benzene rings is 1.